The molecule has 0 aliphatic heterocycles. The van der Waals surface area contributed by atoms with Crippen LogP contribution in [0.3, 0.4) is 0 Å². The fourth-order valence-electron chi connectivity index (χ4n) is 2.56. The lowest BCUT2D eigenvalue weighted by Crippen LogP contribution is -2.28. The van der Waals surface area contributed by atoms with Gasteiger partial charge in [-0.05, 0) is 31.4 Å². The molecule has 0 saturated carbocycles. The molecule has 0 amide bonds. The Balaban J connectivity index is 1.72. The highest BCUT2D eigenvalue weighted by molar-refractivity contribution is 5.83. The van der Waals surface area contributed by atoms with Crippen LogP contribution < -0.4 is 10.1 Å². The highest BCUT2D eigenvalue weighted by Crippen LogP contribution is 2.28. The van der Waals surface area contributed by atoms with Crippen molar-refractivity contribution in [1.29, 1.82) is 0 Å². The number of fused-ring (bicyclic) bond motifs is 1. The van der Waals surface area contributed by atoms with Crippen LogP contribution >= 0.6 is 0 Å². The molecule has 0 radical (unpaired) electrons. The molecule has 0 saturated heterocycles. The van der Waals surface area contributed by atoms with Crippen LogP contribution in [0.15, 0.2) is 40.8 Å². The van der Waals surface area contributed by atoms with Gasteiger partial charge in [0, 0.05) is 11.4 Å². The van der Waals surface area contributed by atoms with Gasteiger partial charge in [-0.3, -0.25) is 0 Å². The van der Waals surface area contributed by atoms with Crippen LogP contribution in [0.25, 0.3) is 11.0 Å². The molecule has 0 spiro atoms. The Morgan fingerprint density at radius 2 is 2.32 bits per heavy atom. The molecule has 3 rings (SSSR count). The average Bonchev–Trinajstić information content (AvgIpc) is 2.89. The Morgan fingerprint density at radius 3 is 3.11 bits per heavy atom. The molecule has 1 unspecified atom stereocenters. The van der Waals surface area contributed by atoms with Crippen LogP contribution in [0, 0.1) is 0 Å². The van der Waals surface area contributed by atoms with E-state index in [1.54, 1.807) is 7.11 Å². The van der Waals surface area contributed by atoms with Crippen molar-refractivity contribution >= 4 is 11.0 Å². The summed E-state index contributed by atoms with van der Waals surface area (Å²) in [6.45, 7) is 0.774. The summed E-state index contributed by atoms with van der Waals surface area (Å²) >= 11 is 0. The lowest BCUT2D eigenvalue weighted by atomic mass is 10.0. The van der Waals surface area contributed by atoms with Gasteiger partial charge in [-0.2, -0.15) is 0 Å². The van der Waals surface area contributed by atoms with Gasteiger partial charge < -0.3 is 14.5 Å². The summed E-state index contributed by atoms with van der Waals surface area (Å²) in [6.07, 6.45) is 8.00. The third-order valence-corrected chi connectivity index (χ3v) is 3.61. The van der Waals surface area contributed by atoms with Crippen molar-refractivity contribution in [2.45, 2.75) is 31.8 Å². The predicted molar refractivity (Wildman–Crippen MR) is 76.4 cm³/mol. The molecule has 3 nitrogen and oxygen atoms in total. The first kappa shape index (κ1) is 12.3. The van der Waals surface area contributed by atoms with E-state index >= 15 is 0 Å². The number of benzene rings is 1. The normalized spacial score (nSPS) is 18.9. The molecule has 100 valence electrons. The van der Waals surface area contributed by atoms with Crippen LogP contribution in [0.2, 0.25) is 0 Å². The summed E-state index contributed by atoms with van der Waals surface area (Å²) in [5, 5.41) is 4.65. The van der Waals surface area contributed by atoms with Gasteiger partial charge in [0.1, 0.15) is 5.76 Å². The number of furan rings is 1. The van der Waals surface area contributed by atoms with Gasteiger partial charge in [-0.25, -0.2) is 0 Å². The quantitative estimate of drug-likeness (QED) is 0.849. The number of para-hydroxylation sites is 1. The fraction of sp³-hybridized carbons (Fsp3) is 0.375. The van der Waals surface area contributed by atoms with Crippen molar-refractivity contribution in [3.8, 4) is 5.75 Å². The van der Waals surface area contributed by atoms with Crippen LogP contribution in [-0.4, -0.2) is 13.2 Å². The van der Waals surface area contributed by atoms with E-state index in [1.807, 2.05) is 18.2 Å². The molecule has 0 fully saturated rings. The van der Waals surface area contributed by atoms with Crippen LogP contribution in [-0.2, 0) is 6.54 Å². The molecule has 0 bridgehead atoms. The zero-order valence-electron chi connectivity index (χ0n) is 11.2. The third kappa shape index (κ3) is 2.66. The highest BCUT2D eigenvalue weighted by Gasteiger charge is 2.12. The number of allylic oxidation sites excluding steroid dienone is 1. The van der Waals surface area contributed by atoms with Gasteiger partial charge in [0.05, 0.1) is 13.7 Å². The molecule has 1 aromatic carbocycles. The first-order valence-electron chi connectivity index (χ1n) is 6.80. The standard InChI is InChI=1S/C16H19NO2/c1-18-15-9-5-6-12-10-14(19-16(12)15)11-17-13-7-3-2-4-8-13/h2-3,5-6,9-10,13,17H,4,7-8,11H2,1H3. The molecule has 1 heterocycles. The first-order valence-corrected chi connectivity index (χ1v) is 6.80. The summed E-state index contributed by atoms with van der Waals surface area (Å²) < 4.78 is 11.2. The second-order valence-corrected chi connectivity index (χ2v) is 4.95. The second kappa shape index (κ2) is 5.49. The van der Waals surface area contributed by atoms with E-state index in [-0.39, 0.29) is 0 Å². The average molecular weight is 257 g/mol. The fourth-order valence-corrected chi connectivity index (χ4v) is 2.56. The van der Waals surface area contributed by atoms with E-state index < -0.39 is 0 Å². The van der Waals surface area contributed by atoms with Crippen molar-refractivity contribution < 1.29 is 9.15 Å². The van der Waals surface area contributed by atoms with Crippen LogP contribution in [0.4, 0.5) is 0 Å². The summed E-state index contributed by atoms with van der Waals surface area (Å²) in [7, 11) is 1.67. The maximum Gasteiger partial charge on any atom is 0.176 e. The zero-order valence-corrected chi connectivity index (χ0v) is 11.2. The van der Waals surface area contributed by atoms with Gasteiger partial charge in [0.2, 0.25) is 0 Å². The number of nitrogens with one attached hydrogen (secondary N) is 1. The molecule has 1 N–H and O–H groups in total. The third-order valence-electron chi connectivity index (χ3n) is 3.61. The minimum absolute atomic E-state index is 0.570. The monoisotopic (exact) mass is 257 g/mol. The van der Waals surface area contributed by atoms with E-state index in [1.165, 1.54) is 12.8 Å². The summed E-state index contributed by atoms with van der Waals surface area (Å²) in [5.74, 6) is 1.76. The SMILES string of the molecule is COc1cccc2cc(CNC3CC=CCC3)oc12. The van der Waals surface area contributed by atoms with Gasteiger partial charge in [-0.15, -0.1) is 0 Å². The lowest BCUT2D eigenvalue weighted by molar-refractivity contribution is 0.401. The van der Waals surface area contributed by atoms with Crippen molar-refractivity contribution in [1.82, 2.24) is 5.32 Å². The van der Waals surface area contributed by atoms with Crippen molar-refractivity contribution in [2.24, 2.45) is 0 Å². The molecule has 1 aromatic heterocycles. The van der Waals surface area contributed by atoms with E-state index in [0.29, 0.717) is 6.04 Å². The molecule has 2 aromatic rings. The molecular formula is C16H19NO2. The molecular weight excluding hydrogens is 238 g/mol. The van der Waals surface area contributed by atoms with Gasteiger partial charge in [0.25, 0.3) is 0 Å². The van der Waals surface area contributed by atoms with Crippen LogP contribution in [0.1, 0.15) is 25.0 Å². The largest absolute Gasteiger partial charge is 0.493 e. The van der Waals surface area contributed by atoms with Crippen molar-refractivity contribution in [3.63, 3.8) is 0 Å². The van der Waals surface area contributed by atoms with E-state index in [9.17, 15) is 0 Å². The Hall–Kier alpha value is -1.74. The Morgan fingerprint density at radius 1 is 1.37 bits per heavy atom. The van der Waals surface area contributed by atoms with Gasteiger partial charge >= 0.3 is 0 Å². The topological polar surface area (TPSA) is 34.4 Å². The maximum atomic E-state index is 5.88. The van der Waals surface area contributed by atoms with Crippen LogP contribution in [0.5, 0.6) is 5.75 Å². The number of rotatable bonds is 4. The summed E-state index contributed by atoms with van der Waals surface area (Å²) in [6, 6.07) is 8.62. The zero-order chi connectivity index (χ0) is 13.1. The summed E-state index contributed by atoms with van der Waals surface area (Å²) in [5.41, 5.74) is 0.838. The minimum Gasteiger partial charge on any atom is -0.493 e. The Kier molecular flexibility index (Phi) is 3.56. The molecule has 3 heteroatoms. The van der Waals surface area contributed by atoms with Crippen molar-refractivity contribution in [3.05, 3.63) is 42.2 Å². The maximum absolute atomic E-state index is 5.88. The number of ether oxygens (including phenoxy) is 1. The van der Waals surface area contributed by atoms with E-state index in [4.69, 9.17) is 9.15 Å². The molecule has 19 heavy (non-hydrogen) atoms. The highest BCUT2D eigenvalue weighted by atomic mass is 16.5. The van der Waals surface area contributed by atoms with E-state index in [0.717, 1.165) is 35.4 Å². The smallest absolute Gasteiger partial charge is 0.176 e. The number of hydrogen-bond donors (Lipinski definition) is 1. The summed E-state index contributed by atoms with van der Waals surface area (Å²) in [4.78, 5) is 0. The van der Waals surface area contributed by atoms with Gasteiger partial charge in [-0.1, -0.05) is 24.3 Å². The molecule has 1 aliphatic rings. The van der Waals surface area contributed by atoms with Gasteiger partial charge in [0.15, 0.2) is 11.3 Å². The molecule has 1 atom stereocenters. The van der Waals surface area contributed by atoms with E-state index in [2.05, 4.69) is 23.5 Å². The second-order valence-electron chi connectivity index (χ2n) is 4.95. The Bertz CT molecular complexity index is 585. The first-order chi connectivity index (χ1) is 9.36. The predicted octanol–water partition coefficient (Wildman–Crippen LogP) is 3.64. The molecule has 1 aliphatic carbocycles. The lowest BCUT2D eigenvalue weighted by Gasteiger charge is -2.18. The number of hydrogen-bond acceptors (Lipinski definition) is 3. The number of methoxy groups -OCH3 is 1. The van der Waals surface area contributed by atoms with Crippen molar-refractivity contribution in [2.75, 3.05) is 7.11 Å². The Labute approximate surface area is 113 Å². The minimum atomic E-state index is 0.570.